The molecule has 1 spiro atoms. The number of aryl methyl sites for hydroxylation is 1. The standard InChI is InChI=1S/C15H19O2.C2H6.Re/c1-11-4-3-5-13-14(11)12(2)10-17-15(13)6-8-16-9-7-15;1-2;/h3-5,8,12H,6-7,9-10H2,1-2H3;1-2H3;/q-1;;. The van der Waals surface area contributed by atoms with E-state index in [4.69, 9.17) is 9.47 Å². The number of hydrogen-bond donors (Lipinski definition) is 0. The molecular weight excluding hydrogens is 422 g/mol. The molecule has 2 aliphatic rings. The van der Waals surface area contributed by atoms with E-state index in [-0.39, 0.29) is 26.0 Å². The zero-order valence-corrected chi connectivity index (χ0v) is 15.6. The van der Waals surface area contributed by atoms with Gasteiger partial charge in [0.1, 0.15) is 0 Å². The van der Waals surface area contributed by atoms with Gasteiger partial charge in [-0.05, 0) is 30.0 Å². The molecule has 1 aromatic carbocycles. The fraction of sp³-hybridized carbons (Fsp3) is 0.588. The molecule has 20 heavy (non-hydrogen) atoms. The summed E-state index contributed by atoms with van der Waals surface area (Å²) >= 11 is 0. The summed E-state index contributed by atoms with van der Waals surface area (Å²) in [7, 11) is 0. The molecule has 0 N–H and O–H groups in total. The van der Waals surface area contributed by atoms with Crippen molar-refractivity contribution in [3.8, 4) is 0 Å². The maximum absolute atomic E-state index is 6.19. The van der Waals surface area contributed by atoms with Crippen LogP contribution in [0, 0.1) is 13.5 Å². The maximum atomic E-state index is 6.19. The number of rotatable bonds is 0. The summed E-state index contributed by atoms with van der Waals surface area (Å²) in [5.74, 6) is 0.500. The Hall–Kier alpha value is -0.198. The Morgan fingerprint density at radius 1 is 1.30 bits per heavy atom. The molecule has 3 rings (SSSR count). The van der Waals surface area contributed by atoms with Crippen molar-refractivity contribution >= 4 is 0 Å². The third kappa shape index (κ3) is 3.17. The summed E-state index contributed by atoms with van der Waals surface area (Å²) in [6.07, 6.45) is 1.84. The first kappa shape index (κ1) is 17.9. The number of hydrogen-bond acceptors (Lipinski definition) is 2. The van der Waals surface area contributed by atoms with E-state index in [1.54, 1.807) is 0 Å². The first-order valence-electron chi connectivity index (χ1n) is 7.40. The largest absolute Gasteiger partial charge is 0.552 e. The Kier molecular flexibility index (Phi) is 6.88. The van der Waals surface area contributed by atoms with Gasteiger partial charge in [-0.25, -0.2) is 6.61 Å². The third-order valence-corrected chi connectivity index (χ3v) is 4.07. The van der Waals surface area contributed by atoms with Gasteiger partial charge in [-0.1, -0.05) is 39.0 Å². The van der Waals surface area contributed by atoms with E-state index < -0.39 is 0 Å². The van der Waals surface area contributed by atoms with E-state index in [2.05, 4.69) is 32.0 Å². The topological polar surface area (TPSA) is 18.5 Å². The summed E-state index contributed by atoms with van der Waals surface area (Å²) in [5, 5.41) is 0. The van der Waals surface area contributed by atoms with Crippen LogP contribution in [0.2, 0.25) is 0 Å². The Bertz CT molecular complexity index is 425. The van der Waals surface area contributed by atoms with Crippen molar-refractivity contribution in [3.05, 3.63) is 41.5 Å². The summed E-state index contributed by atoms with van der Waals surface area (Å²) in [6.45, 7) is 12.0. The van der Waals surface area contributed by atoms with Crippen molar-refractivity contribution in [1.82, 2.24) is 0 Å². The molecule has 1 saturated heterocycles. The van der Waals surface area contributed by atoms with E-state index in [9.17, 15) is 0 Å². The zero-order chi connectivity index (χ0) is 13.9. The first-order chi connectivity index (χ1) is 9.23. The molecule has 2 heterocycles. The van der Waals surface area contributed by atoms with Gasteiger partial charge in [0.2, 0.25) is 0 Å². The van der Waals surface area contributed by atoms with Crippen LogP contribution in [-0.2, 0) is 35.5 Å². The summed E-state index contributed by atoms with van der Waals surface area (Å²) in [5.41, 5.74) is 4.15. The van der Waals surface area contributed by atoms with Gasteiger partial charge in [0.05, 0.1) is 12.2 Å². The molecule has 2 aliphatic heterocycles. The summed E-state index contributed by atoms with van der Waals surface area (Å²) in [6, 6.07) is 6.58. The smallest absolute Gasteiger partial charge is 0.0706 e. The van der Waals surface area contributed by atoms with Gasteiger partial charge in [-0.15, -0.1) is 6.42 Å². The molecular formula is C17H25O2Re-. The average Bonchev–Trinajstić information content (AvgIpc) is 2.47. The monoisotopic (exact) mass is 448 g/mol. The van der Waals surface area contributed by atoms with Crippen LogP contribution in [0.25, 0.3) is 0 Å². The van der Waals surface area contributed by atoms with Crippen LogP contribution in [0.1, 0.15) is 56.2 Å². The SMILES string of the molecule is CC.Cc1cccc2c1C(C)COC21C[CH-]OCC1.[Re]. The predicted octanol–water partition coefficient (Wildman–Crippen LogP) is 4.32. The minimum absolute atomic E-state index is 0. The van der Waals surface area contributed by atoms with Crippen molar-refractivity contribution in [3.63, 3.8) is 0 Å². The van der Waals surface area contributed by atoms with Crippen LogP contribution in [0.5, 0.6) is 0 Å². The van der Waals surface area contributed by atoms with E-state index in [0.717, 1.165) is 26.1 Å². The minimum atomic E-state index is -0.119. The minimum Gasteiger partial charge on any atom is -0.552 e. The van der Waals surface area contributed by atoms with Crippen LogP contribution >= 0.6 is 0 Å². The van der Waals surface area contributed by atoms with Gasteiger partial charge in [-0.3, -0.25) is 0 Å². The van der Waals surface area contributed by atoms with Crippen molar-refractivity contribution in [1.29, 1.82) is 0 Å². The number of ether oxygens (including phenoxy) is 2. The van der Waals surface area contributed by atoms with Crippen LogP contribution in [0.3, 0.4) is 0 Å². The van der Waals surface area contributed by atoms with Gasteiger partial charge in [0.25, 0.3) is 0 Å². The number of fused-ring (bicyclic) bond motifs is 2. The van der Waals surface area contributed by atoms with Crippen LogP contribution in [0.4, 0.5) is 0 Å². The second kappa shape index (κ2) is 7.71. The molecule has 2 nitrogen and oxygen atoms in total. The molecule has 1 radical (unpaired) electrons. The van der Waals surface area contributed by atoms with Gasteiger partial charge < -0.3 is 9.47 Å². The second-order valence-corrected chi connectivity index (χ2v) is 5.23. The van der Waals surface area contributed by atoms with Crippen LogP contribution in [0.15, 0.2) is 18.2 Å². The molecule has 0 saturated carbocycles. The molecule has 0 amide bonds. The Morgan fingerprint density at radius 3 is 2.70 bits per heavy atom. The predicted molar refractivity (Wildman–Crippen MR) is 78.1 cm³/mol. The molecule has 0 aromatic heterocycles. The molecule has 0 aliphatic carbocycles. The third-order valence-electron chi connectivity index (χ3n) is 4.07. The van der Waals surface area contributed by atoms with Crippen LogP contribution in [-0.4, -0.2) is 13.2 Å². The fourth-order valence-electron chi connectivity index (χ4n) is 3.16. The summed E-state index contributed by atoms with van der Waals surface area (Å²) in [4.78, 5) is 0. The molecule has 1 aromatic rings. The van der Waals surface area contributed by atoms with E-state index in [1.165, 1.54) is 16.7 Å². The van der Waals surface area contributed by atoms with Crippen molar-refractivity contribution < 1.29 is 29.9 Å². The van der Waals surface area contributed by atoms with Crippen molar-refractivity contribution in [2.45, 2.75) is 52.1 Å². The molecule has 2 unspecified atom stereocenters. The van der Waals surface area contributed by atoms with Gasteiger partial charge in [0, 0.05) is 32.9 Å². The second-order valence-electron chi connectivity index (χ2n) is 5.23. The average molecular weight is 448 g/mol. The molecule has 0 bridgehead atoms. The molecule has 113 valence electrons. The fourth-order valence-corrected chi connectivity index (χ4v) is 3.16. The van der Waals surface area contributed by atoms with Gasteiger partial charge >= 0.3 is 0 Å². The molecule has 3 heteroatoms. The van der Waals surface area contributed by atoms with Gasteiger partial charge in [0.15, 0.2) is 0 Å². The van der Waals surface area contributed by atoms with E-state index in [1.807, 2.05) is 20.5 Å². The number of benzene rings is 1. The van der Waals surface area contributed by atoms with Crippen molar-refractivity contribution in [2.75, 3.05) is 13.2 Å². The zero-order valence-electron chi connectivity index (χ0n) is 12.9. The Labute approximate surface area is 136 Å². The first-order valence-corrected chi connectivity index (χ1v) is 7.40. The van der Waals surface area contributed by atoms with Crippen LogP contribution < -0.4 is 0 Å². The molecule has 2 atom stereocenters. The quantitative estimate of drug-likeness (QED) is 0.552. The maximum Gasteiger partial charge on any atom is 0.0706 e. The summed E-state index contributed by atoms with van der Waals surface area (Å²) < 4.78 is 11.6. The van der Waals surface area contributed by atoms with Crippen molar-refractivity contribution in [2.24, 2.45) is 0 Å². The van der Waals surface area contributed by atoms with E-state index >= 15 is 0 Å². The molecule has 1 fully saturated rings. The Balaban J connectivity index is 0.000000639. The van der Waals surface area contributed by atoms with E-state index in [0.29, 0.717) is 5.92 Å². The Morgan fingerprint density at radius 2 is 2.05 bits per heavy atom. The van der Waals surface area contributed by atoms with Gasteiger partial charge in [-0.2, -0.15) is 0 Å². The normalized spacial score (nSPS) is 27.9.